The fraction of sp³-hybridized carbons (Fsp3) is 0.167. The van der Waals surface area contributed by atoms with Gasteiger partial charge in [-0.15, -0.1) is 0 Å². The number of aryl methyl sites for hydroxylation is 4. The summed E-state index contributed by atoms with van der Waals surface area (Å²) in [6.07, 6.45) is 0. The Labute approximate surface area is 164 Å². The third kappa shape index (κ3) is 3.96. The van der Waals surface area contributed by atoms with Gasteiger partial charge in [0.2, 0.25) is 0 Å². The maximum absolute atomic E-state index is 12.8. The van der Waals surface area contributed by atoms with Crippen LogP contribution in [0.25, 0.3) is 0 Å². The molecule has 0 radical (unpaired) electrons. The summed E-state index contributed by atoms with van der Waals surface area (Å²) in [4.78, 5) is 25.6. The second kappa shape index (κ2) is 8.09. The first-order valence-corrected chi connectivity index (χ1v) is 9.04. The minimum atomic E-state index is -0.591. The highest BCUT2D eigenvalue weighted by Gasteiger charge is 2.22. The molecule has 3 rings (SSSR count). The van der Waals surface area contributed by atoms with Gasteiger partial charge < -0.3 is 9.47 Å². The summed E-state index contributed by atoms with van der Waals surface area (Å²) in [6, 6.07) is 17.8. The average molecular weight is 374 g/mol. The van der Waals surface area contributed by atoms with Crippen molar-refractivity contribution in [2.45, 2.75) is 27.7 Å². The molecule has 0 aliphatic carbocycles. The molecule has 0 atom stereocenters. The Bertz CT molecular complexity index is 925. The number of hydrogen-bond acceptors (Lipinski definition) is 4. The topological polar surface area (TPSA) is 52.6 Å². The third-order valence-corrected chi connectivity index (χ3v) is 4.57. The van der Waals surface area contributed by atoms with E-state index in [0.717, 1.165) is 22.3 Å². The number of carbonyl (C=O) groups is 2. The zero-order valence-corrected chi connectivity index (χ0v) is 16.4. The highest BCUT2D eigenvalue weighted by Crippen LogP contribution is 2.26. The molecule has 0 fully saturated rings. The average Bonchev–Trinajstić information content (AvgIpc) is 2.67. The molecule has 0 aliphatic heterocycles. The van der Waals surface area contributed by atoms with Crippen molar-refractivity contribution in [2.24, 2.45) is 0 Å². The second-order valence-electron chi connectivity index (χ2n) is 6.77. The van der Waals surface area contributed by atoms with Crippen LogP contribution in [0.3, 0.4) is 0 Å². The number of hydrogen-bond donors (Lipinski definition) is 0. The van der Waals surface area contributed by atoms with Crippen LogP contribution in [0.4, 0.5) is 0 Å². The molecular weight excluding hydrogens is 352 g/mol. The van der Waals surface area contributed by atoms with E-state index in [0.29, 0.717) is 11.5 Å². The van der Waals surface area contributed by atoms with Crippen LogP contribution in [-0.2, 0) is 0 Å². The Kier molecular flexibility index (Phi) is 5.59. The van der Waals surface area contributed by atoms with Crippen molar-refractivity contribution in [1.82, 2.24) is 0 Å². The number of rotatable bonds is 4. The minimum Gasteiger partial charge on any atom is -0.422 e. The second-order valence-corrected chi connectivity index (χ2v) is 6.77. The fourth-order valence-corrected chi connectivity index (χ4v) is 3.05. The van der Waals surface area contributed by atoms with Gasteiger partial charge in [0.25, 0.3) is 0 Å². The maximum Gasteiger partial charge on any atom is 0.344 e. The van der Waals surface area contributed by atoms with Crippen molar-refractivity contribution < 1.29 is 19.1 Å². The maximum atomic E-state index is 12.8. The van der Waals surface area contributed by atoms with Gasteiger partial charge in [-0.05, 0) is 62.1 Å². The van der Waals surface area contributed by atoms with E-state index in [4.69, 9.17) is 9.47 Å². The fourth-order valence-electron chi connectivity index (χ4n) is 3.05. The predicted molar refractivity (Wildman–Crippen MR) is 108 cm³/mol. The van der Waals surface area contributed by atoms with E-state index in [9.17, 15) is 9.59 Å². The van der Waals surface area contributed by atoms with Crippen molar-refractivity contribution in [3.8, 4) is 11.5 Å². The smallest absolute Gasteiger partial charge is 0.344 e. The van der Waals surface area contributed by atoms with Gasteiger partial charge >= 0.3 is 11.9 Å². The van der Waals surface area contributed by atoms with Crippen LogP contribution in [0.15, 0.2) is 60.7 Å². The van der Waals surface area contributed by atoms with Gasteiger partial charge in [-0.2, -0.15) is 0 Å². The summed E-state index contributed by atoms with van der Waals surface area (Å²) in [5.74, 6) is -0.172. The highest BCUT2D eigenvalue weighted by atomic mass is 16.5. The standard InChI is InChI=1S/C24H22O4/c1-15-9-7-10-16(2)21(15)27-23(25)19-13-5-6-14-20(19)24(26)28-22-17(3)11-8-12-18(22)4/h5-14H,1-4H3. The Morgan fingerprint density at radius 3 is 1.18 bits per heavy atom. The van der Waals surface area contributed by atoms with Crippen LogP contribution in [0.2, 0.25) is 0 Å². The Balaban J connectivity index is 1.91. The highest BCUT2D eigenvalue weighted by molar-refractivity contribution is 6.04. The summed E-state index contributed by atoms with van der Waals surface area (Å²) >= 11 is 0. The molecular formula is C24H22O4. The van der Waals surface area contributed by atoms with Gasteiger partial charge in [0.05, 0.1) is 11.1 Å². The normalized spacial score (nSPS) is 10.4. The molecule has 0 heterocycles. The number of para-hydroxylation sites is 2. The molecule has 4 heteroatoms. The lowest BCUT2D eigenvalue weighted by molar-refractivity contribution is 0.0689. The largest absolute Gasteiger partial charge is 0.422 e. The molecule has 142 valence electrons. The molecule has 0 aliphatic rings. The molecule has 0 bridgehead atoms. The summed E-state index contributed by atoms with van der Waals surface area (Å²) in [6.45, 7) is 7.49. The van der Waals surface area contributed by atoms with Crippen LogP contribution in [0.5, 0.6) is 11.5 Å². The molecule has 4 nitrogen and oxygen atoms in total. The lowest BCUT2D eigenvalue weighted by Crippen LogP contribution is -2.18. The van der Waals surface area contributed by atoms with Crippen molar-refractivity contribution >= 4 is 11.9 Å². The van der Waals surface area contributed by atoms with Gasteiger partial charge in [-0.1, -0.05) is 48.5 Å². The molecule has 0 saturated carbocycles. The van der Waals surface area contributed by atoms with Crippen molar-refractivity contribution in [2.75, 3.05) is 0 Å². The molecule has 0 aromatic heterocycles. The summed E-state index contributed by atoms with van der Waals surface area (Å²) in [5, 5.41) is 0. The van der Waals surface area contributed by atoms with Crippen molar-refractivity contribution in [3.05, 3.63) is 94.0 Å². The zero-order valence-electron chi connectivity index (χ0n) is 16.4. The Morgan fingerprint density at radius 1 is 0.536 bits per heavy atom. The van der Waals surface area contributed by atoms with Gasteiger partial charge in [0.15, 0.2) is 0 Å². The predicted octanol–water partition coefficient (Wildman–Crippen LogP) is 5.36. The molecule has 0 N–H and O–H groups in total. The Hall–Kier alpha value is -3.40. The zero-order chi connectivity index (χ0) is 20.3. The molecule has 3 aromatic carbocycles. The summed E-state index contributed by atoms with van der Waals surface area (Å²) in [5.41, 5.74) is 3.74. The SMILES string of the molecule is Cc1cccc(C)c1OC(=O)c1ccccc1C(=O)Oc1c(C)cccc1C. The van der Waals surface area contributed by atoms with E-state index in [-0.39, 0.29) is 11.1 Å². The van der Waals surface area contributed by atoms with Crippen LogP contribution < -0.4 is 9.47 Å². The third-order valence-electron chi connectivity index (χ3n) is 4.57. The van der Waals surface area contributed by atoms with E-state index in [1.807, 2.05) is 64.1 Å². The van der Waals surface area contributed by atoms with Crippen LogP contribution in [0.1, 0.15) is 43.0 Å². The molecule has 0 spiro atoms. The Morgan fingerprint density at radius 2 is 0.857 bits per heavy atom. The van der Waals surface area contributed by atoms with Crippen molar-refractivity contribution in [1.29, 1.82) is 0 Å². The molecule has 0 amide bonds. The minimum absolute atomic E-state index is 0.168. The summed E-state index contributed by atoms with van der Waals surface area (Å²) < 4.78 is 11.2. The van der Waals surface area contributed by atoms with Crippen molar-refractivity contribution in [3.63, 3.8) is 0 Å². The lowest BCUT2D eigenvalue weighted by Gasteiger charge is -2.14. The number of benzene rings is 3. The molecule has 0 saturated heterocycles. The quantitative estimate of drug-likeness (QED) is 0.456. The number of esters is 2. The van der Waals surface area contributed by atoms with Crippen LogP contribution in [0, 0.1) is 27.7 Å². The first-order valence-electron chi connectivity index (χ1n) is 9.04. The van der Waals surface area contributed by atoms with Crippen LogP contribution >= 0.6 is 0 Å². The lowest BCUT2D eigenvalue weighted by atomic mass is 10.1. The van der Waals surface area contributed by atoms with E-state index in [1.165, 1.54) is 0 Å². The van der Waals surface area contributed by atoms with E-state index >= 15 is 0 Å². The van der Waals surface area contributed by atoms with E-state index in [2.05, 4.69) is 0 Å². The van der Waals surface area contributed by atoms with E-state index < -0.39 is 11.9 Å². The van der Waals surface area contributed by atoms with Crippen LogP contribution in [-0.4, -0.2) is 11.9 Å². The monoisotopic (exact) mass is 374 g/mol. The van der Waals surface area contributed by atoms with E-state index in [1.54, 1.807) is 24.3 Å². The van der Waals surface area contributed by atoms with Gasteiger partial charge in [-0.25, -0.2) is 9.59 Å². The first kappa shape index (κ1) is 19.4. The van der Waals surface area contributed by atoms with Gasteiger partial charge in [0.1, 0.15) is 11.5 Å². The number of carbonyl (C=O) groups excluding carboxylic acids is 2. The molecule has 3 aromatic rings. The van der Waals surface area contributed by atoms with Gasteiger partial charge in [0, 0.05) is 0 Å². The first-order chi connectivity index (χ1) is 13.4. The van der Waals surface area contributed by atoms with Gasteiger partial charge in [-0.3, -0.25) is 0 Å². The molecule has 0 unspecified atom stereocenters. The summed E-state index contributed by atoms with van der Waals surface area (Å²) in [7, 11) is 0. The number of ether oxygens (including phenoxy) is 2. The molecule has 28 heavy (non-hydrogen) atoms.